The summed E-state index contributed by atoms with van der Waals surface area (Å²) >= 11 is 0. The van der Waals surface area contributed by atoms with Gasteiger partial charge in [-0.25, -0.2) is 0 Å². The maximum absolute atomic E-state index is 3.73. The van der Waals surface area contributed by atoms with Crippen molar-refractivity contribution in [2.24, 2.45) is 11.8 Å². The van der Waals surface area contributed by atoms with Crippen LogP contribution in [0.2, 0.25) is 0 Å². The average Bonchev–Trinajstić information content (AvgIpc) is 2.34. The second kappa shape index (κ2) is 10.7. The molecule has 0 aromatic carbocycles. The van der Waals surface area contributed by atoms with E-state index in [1.807, 2.05) is 0 Å². The Balaban J connectivity index is 4.63. The monoisotopic (exact) mass is 270 g/mol. The van der Waals surface area contributed by atoms with Crippen LogP contribution in [0.4, 0.5) is 0 Å². The van der Waals surface area contributed by atoms with Crippen LogP contribution >= 0.6 is 0 Å². The van der Waals surface area contributed by atoms with Crippen LogP contribution in [-0.2, 0) is 0 Å². The first-order chi connectivity index (χ1) is 8.96. The molecule has 0 saturated carbocycles. The summed E-state index contributed by atoms with van der Waals surface area (Å²) in [5.74, 6) is 1.45. The highest BCUT2D eigenvalue weighted by Crippen LogP contribution is 2.14. The molecular weight excluding hydrogens is 232 g/mol. The van der Waals surface area contributed by atoms with Crippen molar-refractivity contribution in [2.75, 3.05) is 19.6 Å². The van der Waals surface area contributed by atoms with Gasteiger partial charge in [-0.15, -0.1) is 0 Å². The summed E-state index contributed by atoms with van der Waals surface area (Å²) in [6.07, 6.45) is 3.75. The predicted molar refractivity (Wildman–Crippen MR) is 87.7 cm³/mol. The topological polar surface area (TPSA) is 15.3 Å². The standard InChI is InChI=1S/C17H38N2/c1-8-11-18-17(15(6)7)13-19(12-14(4)5)16(9-2)10-3/h14-18H,8-13H2,1-7H3. The van der Waals surface area contributed by atoms with Crippen LogP contribution in [-0.4, -0.2) is 36.6 Å². The third kappa shape index (κ3) is 7.94. The summed E-state index contributed by atoms with van der Waals surface area (Å²) in [6, 6.07) is 1.37. The molecule has 0 radical (unpaired) electrons. The maximum Gasteiger partial charge on any atom is 0.0218 e. The summed E-state index contributed by atoms with van der Waals surface area (Å²) in [4.78, 5) is 2.72. The number of nitrogens with zero attached hydrogens (tertiary/aromatic N) is 1. The third-order valence-corrected chi connectivity index (χ3v) is 3.95. The van der Waals surface area contributed by atoms with Gasteiger partial charge in [0.25, 0.3) is 0 Å². The van der Waals surface area contributed by atoms with Crippen molar-refractivity contribution >= 4 is 0 Å². The molecule has 0 aromatic heterocycles. The van der Waals surface area contributed by atoms with Crippen molar-refractivity contribution in [2.45, 2.75) is 79.8 Å². The summed E-state index contributed by atoms with van der Waals surface area (Å²) in [5, 5.41) is 3.73. The number of hydrogen-bond acceptors (Lipinski definition) is 2. The van der Waals surface area contributed by atoms with Crippen LogP contribution in [0.15, 0.2) is 0 Å². The first-order valence-electron chi connectivity index (χ1n) is 8.43. The molecule has 0 bridgehead atoms. The van der Waals surface area contributed by atoms with Gasteiger partial charge >= 0.3 is 0 Å². The lowest BCUT2D eigenvalue weighted by atomic mass is 10.0. The van der Waals surface area contributed by atoms with Crippen LogP contribution in [0.1, 0.15) is 67.7 Å². The van der Waals surface area contributed by atoms with E-state index in [0.717, 1.165) is 18.5 Å². The maximum atomic E-state index is 3.73. The fourth-order valence-electron chi connectivity index (χ4n) is 2.74. The third-order valence-electron chi connectivity index (χ3n) is 3.95. The Morgan fingerprint density at radius 1 is 0.895 bits per heavy atom. The van der Waals surface area contributed by atoms with Crippen molar-refractivity contribution in [1.82, 2.24) is 10.2 Å². The average molecular weight is 271 g/mol. The smallest absolute Gasteiger partial charge is 0.0218 e. The molecule has 2 nitrogen and oxygen atoms in total. The largest absolute Gasteiger partial charge is 0.312 e. The minimum Gasteiger partial charge on any atom is -0.312 e. The molecular formula is C17H38N2. The Morgan fingerprint density at radius 2 is 1.47 bits per heavy atom. The number of nitrogens with one attached hydrogen (secondary N) is 1. The van der Waals surface area contributed by atoms with Gasteiger partial charge in [-0.1, -0.05) is 48.5 Å². The first kappa shape index (κ1) is 18.9. The molecule has 0 spiro atoms. The molecule has 0 amide bonds. The van der Waals surface area contributed by atoms with E-state index in [4.69, 9.17) is 0 Å². The zero-order chi connectivity index (χ0) is 14.8. The SMILES string of the molecule is CCCNC(CN(CC(C)C)C(CC)CC)C(C)C. The highest BCUT2D eigenvalue weighted by atomic mass is 15.2. The summed E-state index contributed by atoms with van der Waals surface area (Å²) < 4.78 is 0. The van der Waals surface area contributed by atoms with Crippen molar-refractivity contribution < 1.29 is 0 Å². The molecule has 116 valence electrons. The number of rotatable bonds is 11. The van der Waals surface area contributed by atoms with E-state index in [1.54, 1.807) is 0 Å². The molecule has 0 heterocycles. The van der Waals surface area contributed by atoms with Gasteiger partial charge in [0.2, 0.25) is 0 Å². The Kier molecular flexibility index (Phi) is 10.6. The molecule has 0 fully saturated rings. The van der Waals surface area contributed by atoms with E-state index in [1.165, 1.54) is 32.4 Å². The van der Waals surface area contributed by atoms with Crippen molar-refractivity contribution in [3.8, 4) is 0 Å². The van der Waals surface area contributed by atoms with E-state index in [2.05, 4.69) is 58.7 Å². The molecule has 1 unspecified atom stereocenters. The van der Waals surface area contributed by atoms with E-state index in [0.29, 0.717) is 12.0 Å². The molecule has 1 atom stereocenters. The highest BCUT2D eigenvalue weighted by molar-refractivity contribution is 4.79. The van der Waals surface area contributed by atoms with Gasteiger partial charge in [-0.2, -0.15) is 0 Å². The molecule has 0 aliphatic rings. The minimum absolute atomic E-state index is 0.624. The van der Waals surface area contributed by atoms with E-state index < -0.39 is 0 Å². The molecule has 2 heteroatoms. The van der Waals surface area contributed by atoms with E-state index in [9.17, 15) is 0 Å². The minimum atomic E-state index is 0.624. The molecule has 0 aliphatic heterocycles. The lowest BCUT2D eigenvalue weighted by molar-refractivity contribution is 0.137. The van der Waals surface area contributed by atoms with Gasteiger partial charge in [-0.05, 0) is 37.6 Å². The van der Waals surface area contributed by atoms with Crippen LogP contribution in [0.5, 0.6) is 0 Å². The highest BCUT2D eigenvalue weighted by Gasteiger charge is 2.22. The Labute approximate surface area is 122 Å². The molecule has 0 saturated heterocycles. The lowest BCUT2D eigenvalue weighted by Crippen LogP contribution is -2.48. The van der Waals surface area contributed by atoms with Gasteiger partial charge in [0.05, 0.1) is 0 Å². The quantitative estimate of drug-likeness (QED) is 0.606. The van der Waals surface area contributed by atoms with Crippen molar-refractivity contribution in [3.63, 3.8) is 0 Å². The van der Waals surface area contributed by atoms with Crippen LogP contribution in [0.3, 0.4) is 0 Å². The summed E-state index contributed by atoms with van der Waals surface area (Å²) in [6.45, 7) is 19.8. The van der Waals surface area contributed by atoms with E-state index >= 15 is 0 Å². The molecule has 0 aromatic rings. The van der Waals surface area contributed by atoms with Crippen molar-refractivity contribution in [1.29, 1.82) is 0 Å². The van der Waals surface area contributed by atoms with Crippen LogP contribution < -0.4 is 5.32 Å². The summed E-state index contributed by atoms with van der Waals surface area (Å²) in [5.41, 5.74) is 0. The van der Waals surface area contributed by atoms with Crippen LogP contribution in [0, 0.1) is 11.8 Å². The fraction of sp³-hybridized carbons (Fsp3) is 1.00. The van der Waals surface area contributed by atoms with Crippen LogP contribution in [0.25, 0.3) is 0 Å². The zero-order valence-electron chi connectivity index (χ0n) is 14.5. The van der Waals surface area contributed by atoms with Gasteiger partial charge in [0.1, 0.15) is 0 Å². The molecule has 0 aliphatic carbocycles. The second-order valence-corrected chi connectivity index (χ2v) is 6.62. The Hall–Kier alpha value is -0.0800. The van der Waals surface area contributed by atoms with Gasteiger partial charge < -0.3 is 5.32 Å². The predicted octanol–water partition coefficient (Wildman–Crippen LogP) is 4.16. The van der Waals surface area contributed by atoms with Gasteiger partial charge in [0, 0.05) is 25.2 Å². The normalized spacial score (nSPS) is 14.1. The second-order valence-electron chi connectivity index (χ2n) is 6.62. The van der Waals surface area contributed by atoms with Gasteiger partial charge in [-0.3, -0.25) is 4.90 Å². The molecule has 0 rings (SSSR count). The summed E-state index contributed by atoms with van der Waals surface area (Å²) in [7, 11) is 0. The van der Waals surface area contributed by atoms with Gasteiger partial charge in [0.15, 0.2) is 0 Å². The Morgan fingerprint density at radius 3 is 1.84 bits per heavy atom. The van der Waals surface area contributed by atoms with Crippen molar-refractivity contribution in [3.05, 3.63) is 0 Å². The Bertz CT molecular complexity index is 197. The number of hydrogen-bond donors (Lipinski definition) is 1. The fourth-order valence-corrected chi connectivity index (χ4v) is 2.74. The lowest BCUT2D eigenvalue weighted by Gasteiger charge is -2.36. The first-order valence-corrected chi connectivity index (χ1v) is 8.43. The zero-order valence-corrected chi connectivity index (χ0v) is 14.5. The van der Waals surface area contributed by atoms with E-state index in [-0.39, 0.29) is 0 Å². The molecule has 19 heavy (non-hydrogen) atoms. The molecule has 1 N–H and O–H groups in total.